The molecule has 0 fully saturated rings. The Balaban J connectivity index is 1.61. The van der Waals surface area contributed by atoms with Crippen molar-refractivity contribution < 1.29 is 0 Å². The number of aromatic nitrogens is 2. The van der Waals surface area contributed by atoms with E-state index in [2.05, 4.69) is 39.1 Å². The maximum Gasteiger partial charge on any atom is 0.258 e. The van der Waals surface area contributed by atoms with Crippen LogP contribution in [0.4, 0.5) is 0 Å². The molecule has 3 aromatic rings. The van der Waals surface area contributed by atoms with Crippen molar-refractivity contribution in [2.45, 2.75) is 19.5 Å². The number of fused-ring (bicyclic) bond motifs is 2. The van der Waals surface area contributed by atoms with Crippen molar-refractivity contribution in [1.29, 1.82) is 0 Å². The van der Waals surface area contributed by atoms with Crippen molar-refractivity contribution in [3.05, 3.63) is 74.8 Å². The maximum absolute atomic E-state index is 12.2. The zero-order valence-corrected chi connectivity index (χ0v) is 13.3. The highest BCUT2D eigenvalue weighted by Crippen LogP contribution is 2.20. The summed E-state index contributed by atoms with van der Waals surface area (Å²) in [5, 5.41) is 1.08. The molecule has 0 bridgehead atoms. The van der Waals surface area contributed by atoms with E-state index < -0.39 is 0 Å². The summed E-state index contributed by atoms with van der Waals surface area (Å²) in [6, 6.07) is 13.7. The zero-order valence-electron chi connectivity index (χ0n) is 12.6. The van der Waals surface area contributed by atoms with Gasteiger partial charge in [0.15, 0.2) is 0 Å². The highest BCUT2D eigenvalue weighted by molar-refractivity contribution is 6.31. The van der Waals surface area contributed by atoms with Crippen LogP contribution in [0, 0.1) is 0 Å². The Labute approximate surface area is 138 Å². The first-order chi connectivity index (χ1) is 11.2. The van der Waals surface area contributed by atoms with Crippen molar-refractivity contribution in [3.63, 3.8) is 0 Å². The molecule has 0 saturated heterocycles. The van der Waals surface area contributed by atoms with Gasteiger partial charge in [-0.2, -0.15) is 0 Å². The second-order valence-corrected chi connectivity index (χ2v) is 6.34. The van der Waals surface area contributed by atoms with Gasteiger partial charge in [0, 0.05) is 18.1 Å². The van der Waals surface area contributed by atoms with Crippen LogP contribution in [0.2, 0.25) is 5.02 Å². The van der Waals surface area contributed by atoms with Crippen LogP contribution in [0.3, 0.4) is 0 Å². The zero-order chi connectivity index (χ0) is 15.8. The van der Waals surface area contributed by atoms with E-state index in [9.17, 15) is 4.79 Å². The first-order valence-corrected chi connectivity index (χ1v) is 8.04. The number of nitrogens with zero attached hydrogens (tertiary/aromatic N) is 2. The second-order valence-electron chi connectivity index (χ2n) is 5.90. The molecule has 4 rings (SSSR count). The van der Waals surface area contributed by atoms with Crippen molar-refractivity contribution in [1.82, 2.24) is 14.9 Å². The Bertz CT molecular complexity index is 935. The molecule has 0 spiro atoms. The van der Waals surface area contributed by atoms with Crippen LogP contribution in [-0.2, 0) is 19.5 Å². The minimum atomic E-state index is -0.134. The van der Waals surface area contributed by atoms with Gasteiger partial charge >= 0.3 is 0 Å². The maximum atomic E-state index is 12.2. The van der Waals surface area contributed by atoms with E-state index in [-0.39, 0.29) is 5.56 Å². The molecule has 116 valence electrons. The molecule has 0 radical (unpaired) electrons. The van der Waals surface area contributed by atoms with Crippen molar-refractivity contribution in [2.24, 2.45) is 0 Å². The topological polar surface area (TPSA) is 49.0 Å². The van der Waals surface area contributed by atoms with Crippen LogP contribution in [-0.4, -0.2) is 21.4 Å². The normalized spacial score (nSPS) is 14.8. The summed E-state index contributed by atoms with van der Waals surface area (Å²) >= 11 is 5.95. The number of nitrogens with one attached hydrogen (secondary N) is 1. The molecule has 4 nitrogen and oxygen atoms in total. The van der Waals surface area contributed by atoms with E-state index in [1.807, 2.05) is 0 Å². The molecule has 0 atom stereocenters. The molecule has 0 saturated carbocycles. The van der Waals surface area contributed by atoms with Gasteiger partial charge in [-0.1, -0.05) is 35.9 Å². The summed E-state index contributed by atoms with van der Waals surface area (Å²) in [5.74, 6) is 0.698. The van der Waals surface area contributed by atoms with E-state index in [0.717, 1.165) is 19.5 Å². The summed E-state index contributed by atoms with van der Waals surface area (Å²) in [7, 11) is 0. The summed E-state index contributed by atoms with van der Waals surface area (Å²) < 4.78 is 0. The predicted octanol–water partition coefficient (Wildman–Crippen LogP) is 3.13. The van der Waals surface area contributed by atoms with Gasteiger partial charge in [0.25, 0.3) is 5.56 Å². The number of benzene rings is 2. The molecule has 1 aliphatic rings. The third-order valence-electron chi connectivity index (χ3n) is 4.30. The van der Waals surface area contributed by atoms with Crippen LogP contribution in [0.25, 0.3) is 10.9 Å². The van der Waals surface area contributed by atoms with Crippen LogP contribution in [0.5, 0.6) is 0 Å². The van der Waals surface area contributed by atoms with Gasteiger partial charge < -0.3 is 4.98 Å². The van der Waals surface area contributed by atoms with Crippen LogP contribution < -0.4 is 5.56 Å². The van der Waals surface area contributed by atoms with E-state index >= 15 is 0 Å². The number of hydrogen-bond donors (Lipinski definition) is 1. The summed E-state index contributed by atoms with van der Waals surface area (Å²) in [4.78, 5) is 22.0. The van der Waals surface area contributed by atoms with Crippen LogP contribution in [0.1, 0.15) is 17.0 Å². The van der Waals surface area contributed by atoms with E-state index in [1.165, 1.54) is 11.1 Å². The minimum absolute atomic E-state index is 0.134. The number of H-pyrrole nitrogens is 1. The quantitative estimate of drug-likeness (QED) is 0.787. The highest BCUT2D eigenvalue weighted by Gasteiger charge is 2.17. The Hall–Kier alpha value is -2.17. The Kier molecular flexibility index (Phi) is 3.63. The first-order valence-electron chi connectivity index (χ1n) is 7.67. The number of aromatic amines is 1. The largest absolute Gasteiger partial charge is 0.309 e. The molecule has 5 heteroatoms. The summed E-state index contributed by atoms with van der Waals surface area (Å²) in [6.45, 7) is 2.50. The smallest absolute Gasteiger partial charge is 0.258 e. The third kappa shape index (κ3) is 2.87. The van der Waals surface area contributed by atoms with Crippen LogP contribution in [0.15, 0.2) is 47.3 Å². The lowest BCUT2D eigenvalue weighted by Gasteiger charge is -2.28. The van der Waals surface area contributed by atoms with E-state index in [4.69, 9.17) is 11.6 Å². The molecule has 23 heavy (non-hydrogen) atoms. The standard InChI is InChI=1S/C18H16ClN3O/c19-14-5-6-16-15(9-14)18(23)21-17(20-16)11-22-8-7-12-3-1-2-4-13(12)10-22/h1-6,9H,7-8,10-11H2,(H,20,21,23). The average Bonchev–Trinajstić information content (AvgIpc) is 2.55. The molecule has 1 aliphatic heterocycles. The molecule has 0 amide bonds. The molecule has 1 aromatic heterocycles. The van der Waals surface area contributed by atoms with Crippen molar-refractivity contribution >= 4 is 22.5 Å². The Morgan fingerprint density at radius 3 is 2.87 bits per heavy atom. The molecule has 1 N–H and O–H groups in total. The van der Waals surface area contributed by atoms with Gasteiger partial charge in [0.1, 0.15) is 5.82 Å². The van der Waals surface area contributed by atoms with Gasteiger partial charge in [0.2, 0.25) is 0 Å². The summed E-state index contributed by atoms with van der Waals surface area (Å²) in [6.07, 6.45) is 1.03. The summed E-state index contributed by atoms with van der Waals surface area (Å²) in [5.41, 5.74) is 3.32. The Morgan fingerprint density at radius 1 is 1.17 bits per heavy atom. The lowest BCUT2D eigenvalue weighted by atomic mass is 10.00. The van der Waals surface area contributed by atoms with Crippen LogP contribution >= 0.6 is 11.6 Å². The second kappa shape index (κ2) is 5.80. The first kappa shape index (κ1) is 14.4. The molecule has 2 aromatic carbocycles. The predicted molar refractivity (Wildman–Crippen MR) is 91.6 cm³/mol. The highest BCUT2D eigenvalue weighted by atomic mass is 35.5. The number of halogens is 1. The van der Waals surface area contributed by atoms with Gasteiger partial charge in [0.05, 0.1) is 17.4 Å². The lowest BCUT2D eigenvalue weighted by Crippen LogP contribution is -2.31. The fourth-order valence-corrected chi connectivity index (χ4v) is 3.31. The molecular weight excluding hydrogens is 310 g/mol. The van der Waals surface area contributed by atoms with Gasteiger partial charge in [-0.3, -0.25) is 9.69 Å². The van der Waals surface area contributed by atoms with Crippen molar-refractivity contribution in [2.75, 3.05) is 6.54 Å². The minimum Gasteiger partial charge on any atom is -0.309 e. The number of rotatable bonds is 2. The molecule has 0 unspecified atom stereocenters. The van der Waals surface area contributed by atoms with Gasteiger partial charge in [-0.25, -0.2) is 4.98 Å². The monoisotopic (exact) mass is 325 g/mol. The molecular formula is C18H16ClN3O. The fraction of sp³-hybridized carbons (Fsp3) is 0.222. The molecule has 2 heterocycles. The third-order valence-corrected chi connectivity index (χ3v) is 4.53. The van der Waals surface area contributed by atoms with E-state index in [0.29, 0.717) is 28.3 Å². The number of hydrogen-bond acceptors (Lipinski definition) is 3. The van der Waals surface area contributed by atoms with Crippen molar-refractivity contribution in [3.8, 4) is 0 Å². The molecule has 0 aliphatic carbocycles. The van der Waals surface area contributed by atoms with Gasteiger partial charge in [-0.15, -0.1) is 0 Å². The SMILES string of the molecule is O=c1[nH]c(CN2CCc3ccccc3C2)nc2ccc(Cl)cc12. The average molecular weight is 326 g/mol. The lowest BCUT2D eigenvalue weighted by molar-refractivity contribution is 0.239. The van der Waals surface area contributed by atoms with E-state index in [1.54, 1.807) is 18.2 Å². The Morgan fingerprint density at radius 2 is 2.00 bits per heavy atom. The fourth-order valence-electron chi connectivity index (χ4n) is 3.14. The van der Waals surface area contributed by atoms with Gasteiger partial charge in [-0.05, 0) is 35.7 Å².